The summed E-state index contributed by atoms with van der Waals surface area (Å²) in [6.07, 6.45) is -1.04. The number of carbonyl (C=O) groups excluding carboxylic acids is 2. The number of carbonyl (C=O) groups is 2. The maximum absolute atomic E-state index is 11.9. The molecule has 36 heavy (non-hydrogen) atoms. The van der Waals surface area contributed by atoms with Gasteiger partial charge in [-0.15, -0.1) is 0 Å². The molecule has 8 heteroatoms. The number of rotatable bonds is 6. The summed E-state index contributed by atoms with van der Waals surface area (Å²) in [6.45, 7) is 10.8. The lowest BCUT2D eigenvalue weighted by atomic mass is 10.2. The first-order valence-electron chi connectivity index (χ1n) is 11.5. The van der Waals surface area contributed by atoms with E-state index >= 15 is 0 Å². The highest BCUT2D eigenvalue weighted by atomic mass is 16.6. The summed E-state index contributed by atoms with van der Waals surface area (Å²) in [7, 11) is 0. The lowest BCUT2D eigenvalue weighted by Gasteiger charge is -2.19. The van der Waals surface area contributed by atoms with Crippen molar-refractivity contribution >= 4 is 23.6 Å². The Bertz CT molecular complexity index is 1090. The van der Waals surface area contributed by atoms with E-state index in [1.807, 2.05) is 18.2 Å². The van der Waals surface area contributed by atoms with Gasteiger partial charge in [0.25, 0.3) is 0 Å². The molecule has 190 valence electrons. The predicted octanol–water partition coefficient (Wildman–Crippen LogP) is 7.97. The summed E-state index contributed by atoms with van der Waals surface area (Å²) in [6, 6.07) is 21.1. The Kier molecular flexibility index (Phi) is 8.09. The molecule has 0 spiro atoms. The molecule has 3 aromatic carbocycles. The Labute approximate surface area is 211 Å². The van der Waals surface area contributed by atoms with Crippen molar-refractivity contribution in [2.75, 3.05) is 10.6 Å². The SMILES string of the molecule is CC(C)(C)OC(=O)Nc1ccc(Oc2cccc(Oc3ccc(NC(=O)OC(C)(C)C)cc3)c2)cc1. The van der Waals surface area contributed by atoms with Crippen molar-refractivity contribution in [3.05, 3.63) is 72.8 Å². The second kappa shape index (κ2) is 11.0. The average molecular weight is 493 g/mol. The van der Waals surface area contributed by atoms with Crippen LogP contribution in [0.25, 0.3) is 0 Å². The van der Waals surface area contributed by atoms with Gasteiger partial charge in [-0.3, -0.25) is 10.6 Å². The van der Waals surface area contributed by atoms with Gasteiger partial charge < -0.3 is 18.9 Å². The van der Waals surface area contributed by atoms with Gasteiger partial charge in [-0.1, -0.05) is 6.07 Å². The van der Waals surface area contributed by atoms with Crippen LogP contribution >= 0.6 is 0 Å². The Morgan fingerprint density at radius 1 is 0.556 bits per heavy atom. The molecule has 0 fully saturated rings. The largest absolute Gasteiger partial charge is 0.457 e. The van der Waals surface area contributed by atoms with Crippen LogP contribution in [-0.2, 0) is 9.47 Å². The van der Waals surface area contributed by atoms with Gasteiger partial charge in [0.15, 0.2) is 0 Å². The zero-order valence-electron chi connectivity index (χ0n) is 21.4. The lowest BCUT2D eigenvalue weighted by Crippen LogP contribution is -2.27. The molecule has 0 bridgehead atoms. The number of hydrogen-bond donors (Lipinski definition) is 2. The number of nitrogens with one attached hydrogen (secondary N) is 2. The molecule has 0 saturated heterocycles. The Morgan fingerprint density at radius 3 is 1.25 bits per heavy atom. The van der Waals surface area contributed by atoms with Crippen molar-refractivity contribution in [1.82, 2.24) is 0 Å². The summed E-state index contributed by atoms with van der Waals surface area (Å²) in [5.74, 6) is 2.37. The lowest BCUT2D eigenvalue weighted by molar-refractivity contribution is 0.0624. The van der Waals surface area contributed by atoms with Gasteiger partial charge in [0, 0.05) is 17.4 Å². The molecule has 0 atom stereocenters. The predicted molar refractivity (Wildman–Crippen MR) is 139 cm³/mol. The van der Waals surface area contributed by atoms with E-state index in [4.69, 9.17) is 18.9 Å². The fourth-order valence-corrected chi connectivity index (χ4v) is 2.93. The van der Waals surface area contributed by atoms with Crippen molar-refractivity contribution < 1.29 is 28.5 Å². The topological polar surface area (TPSA) is 95.1 Å². The first-order valence-corrected chi connectivity index (χ1v) is 11.5. The summed E-state index contributed by atoms with van der Waals surface area (Å²) >= 11 is 0. The van der Waals surface area contributed by atoms with E-state index in [2.05, 4.69) is 10.6 Å². The Hall–Kier alpha value is -4.20. The van der Waals surface area contributed by atoms with Gasteiger partial charge in [0.2, 0.25) is 0 Å². The molecule has 0 aromatic heterocycles. The fourth-order valence-electron chi connectivity index (χ4n) is 2.93. The summed E-state index contributed by atoms with van der Waals surface area (Å²) in [4.78, 5) is 23.8. The number of amides is 2. The van der Waals surface area contributed by atoms with Gasteiger partial charge in [-0.05, 0) is 102 Å². The van der Waals surface area contributed by atoms with Crippen LogP contribution in [0.3, 0.4) is 0 Å². The summed E-state index contributed by atoms with van der Waals surface area (Å²) < 4.78 is 22.3. The third-order valence-corrected chi connectivity index (χ3v) is 4.28. The third-order valence-electron chi connectivity index (χ3n) is 4.28. The normalized spacial score (nSPS) is 11.3. The number of anilines is 2. The standard InChI is InChI=1S/C28H32N2O6/c1-27(2,3)35-25(31)29-19-10-14-21(15-11-19)33-23-8-7-9-24(18-23)34-22-16-12-20(13-17-22)30-26(32)36-28(4,5)6/h7-18H,1-6H3,(H,29,31)(H,30,32). The molecule has 0 unspecified atom stereocenters. The average Bonchev–Trinajstić information content (AvgIpc) is 2.74. The molecule has 0 heterocycles. The molecule has 0 saturated carbocycles. The van der Waals surface area contributed by atoms with Crippen molar-refractivity contribution in [1.29, 1.82) is 0 Å². The number of ether oxygens (including phenoxy) is 4. The monoisotopic (exact) mass is 492 g/mol. The second-order valence-corrected chi connectivity index (χ2v) is 9.98. The maximum Gasteiger partial charge on any atom is 0.412 e. The van der Waals surface area contributed by atoms with Crippen molar-refractivity contribution in [3.8, 4) is 23.0 Å². The van der Waals surface area contributed by atoms with E-state index < -0.39 is 23.4 Å². The highest BCUT2D eigenvalue weighted by Gasteiger charge is 2.17. The Balaban J connectivity index is 1.56. The quantitative estimate of drug-likeness (QED) is 0.362. The summed E-state index contributed by atoms with van der Waals surface area (Å²) in [5, 5.41) is 5.37. The molecule has 0 aliphatic heterocycles. The van der Waals surface area contributed by atoms with E-state index in [9.17, 15) is 9.59 Å². The van der Waals surface area contributed by atoms with E-state index in [0.29, 0.717) is 34.4 Å². The van der Waals surface area contributed by atoms with Gasteiger partial charge >= 0.3 is 12.2 Å². The molecule has 0 radical (unpaired) electrons. The van der Waals surface area contributed by atoms with Gasteiger partial charge in [0.05, 0.1) is 0 Å². The van der Waals surface area contributed by atoms with Gasteiger partial charge in [-0.2, -0.15) is 0 Å². The minimum Gasteiger partial charge on any atom is -0.457 e. The summed E-state index contributed by atoms with van der Waals surface area (Å²) in [5.41, 5.74) is 0.0509. The van der Waals surface area contributed by atoms with Gasteiger partial charge in [0.1, 0.15) is 34.2 Å². The van der Waals surface area contributed by atoms with E-state index in [-0.39, 0.29) is 0 Å². The van der Waals surface area contributed by atoms with Crippen LogP contribution in [0.2, 0.25) is 0 Å². The smallest absolute Gasteiger partial charge is 0.412 e. The van der Waals surface area contributed by atoms with E-state index in [0.717, 1.165) is 0 Å². The van der Waals surface area contributed by atoms with E-state index in [1.165, 1.54) is 0 Å². The maximum atomic E-state index is 11.9. The fraction of sp³-hybridized carbons (Fsp3) is 0.286. The van der Waals surface area contributed by atoms with Crippen molar-refractivity contribution in [2.24, 2.45) is 0 Å². The molecular weight excluding hydrogens is 460 g/mol. The van der Waals surface area contributed by atoms with Crippen LogP contribution in [0.4, 0.5) is 21.0 Å². The Morgan fingerprint density at radius 2 is 0.917 bits per heavy atom. The van der Waals surface area contributed by atoms with Crippen LogP contribution in [0, 0.1) is 0 Å². The van der Waals surface area contributed by atoms with Crippen LogP contribution < -0.4 is 20.1 Å². The highest BCUT2D eigenvalue weighted by molar-refractivity contribution is 5.85. The highest BCUT2D eigenvalue weighted by Crippen LogP contribution is 2.29. The minimum atomic E-state index is -0.570. The van der Waals surface area contributed by atoms with Crippen molar-refractivity contribution in [2.45, 2.75) is 52.7 Å². The third kappa shape index (κ3) is 9.21. The first kappa shape index (κ1) is 26.4. The minimum absolute atomic E-state index is 0.519. The molecule has 2 N–H and O–H groups in total. The van der Waals surface area contributed by atoms with Crippen LogP contribution in [0.1, 0.15) is 41.5 Å². The van der Waals surface area contributed by atoms with Crippen LogP contribution in [-0.4, -0.2) is 23.4 Å². The zero-order chi connectivity index (χ0) is 26.3. The number of hydrogen-bond acceptors (Lipinski definition) is 6. The number of benzene rings is 3. The molecule has 2 amide bonds. The molecule has 0 aliphatic carbocycles. The van der Waals surface area contributed by atoms with Crippen LogP contribution in [0.5, 0.6) is 23.0 Å². The molecule has 3 rings (SSSR count). The van der Waals surface area contributed by atoms with E-state index in [1.54, 1.807) is 96.1 Å². The van der Waals surface area contributed by atoms with Crippen LogP contribution in [0.15, 0.2) is 72.8 Å². The first-order chi connectivity index (χ1) is 16.8. The second-order valence-electron chi connectivity index (χ2n) is 9.98. The van der Waals surface area contributed by atoms with Crippen molar-refractivity contribution in [3.63, 3.8) is 0 Å². The molecule has 0 aliphatic rings. The van der Waals surface area contributed by atoms with Gasteiger partial charge in [-0.25, -0.2) is 9.59 Å². The molecular formula is C28H32N2O6. The molecule has 8 nitrogen and oxygen atoms in total. The zero-order valence-corrected chi connectivity index (χ0v) is 21.4. The molecule has 3 aromatic rings.